The van der Waals surface area contributed by atoms with Gasteiger partial charge >= 0.3 is 5.97 Å². The van der Waals surface area contributed by atoms with Gasteiger partial charge in [-0.15, -0.1) is 5.10 Å². The molecule has 5 heteroatoms. The standard InChI is InChI=1S/C14H15N3O2/c18-14(19)9-17-13(8-15-16-17)12-6-5-10-3-1-2-4-11(10)7-12/h5-8H,1-4,9H2,(H,18,19). The summed E-state index contributed by atoms with van der Waals surface area (Å²) in [5, 5.41) is 16.5. The van der Waals surface area contributed by atoms with Gasteiger partial charge in [0, 0.05) is 5.56 Å². The summed E-state index contributed by atoms with van der Waals surface area (Å²) < 4.78 is 1.42. The summed E-state index contributed by atoms with van der Waals surface area (Å²) in [7, 11) is 0. The van der Waals surface area contributed by atoms with Gasteiger partial charge in [-0.1, -0.05) is 17.3 Å². The van der Waals surface area contributed by atoms with Crippen molar-refractivity contribution < 1.29 is 9.90 Å². The Bertz CT molecular complexity index is 619. The number of carboxylic acids is 1. The summed E-state index contributed by atoms with van der Waals surface area (Å²) in [6, 6.07) is 6.31. The molecular weight excluding hydrogens is 242 g/mol. The molecule has 0 fully saturated rings. The number of fused-ring (bicyclic) bond motifs is 1. The Kier molecular flexibility index (Phi) is 3.03. The summed E-state index contributed by atoms with van der Waals surface area (Å²) >= 11 is 0. The van der Waals surface area contributed by atoms with E-state index in [1.807, 2.05) is 6.07 Å². The topological polar surface area (TPSA) is 68.0 Å². The Morgan fingerprint density at radius 1 is 1.26 bits per heavy atom. The van der Waals surface area contributed by atoms with E-state index < -0.39 is 5.97 Å². The van der Waals surface area contributed by atoms with Crippen LogP contribution < -0.4 is 0 Å². The van der Waals surface area contributed by atoms with Crippen LogP contribution in [0.1, 0.15) is 24.0 Å². The molecule has 1 N–H and O–H groups in total. The first kappa shape index (κ1) is 11.9. The summed E-state index contributed by atoms with van der Waals surface area (Å²) in [5.74, 6) is -0.912. The Hall–Kier alpha value is -2.17. The number of hydrogen-bond donors (Lipinski definition) is 1. The fourth-order valence-electron chi connectivity index (χ4n) is 2.62. The molecule has 0 saturated carbocycles. The van der Waals surface area contributed by atoms with E-state index in [4.69, 9.17) is 5.11 Å². The zero-order valence-electron chi connectivity index (χ0n) is 10.5. The number of hydrogen-bond acceptors (Lipinski definition) is 3. The van der Waals surface area contributed by atoms with E-state index in [0.29, 0.717) is 0 Å². The molecule has 0 bridgehead atoms. The summed E-state index contributed by atoms with van der Waals surface area (Å²) in [4.78, 5) is 10.8. The first-order valence-electron chi connectivity index (χ1n) is 6.46. The zero-order valence-corrected chi connectivity index (χ0v) is 10.5. The van der Waals surface area contributed by atoms with E-state index in [1.165, 1.54) is 28.7 Å². The Morgan fingerprint density at radius 3 is 2.84 bits per heavy atom. The molecule has 0 saturated heterocycles. The number of aryl methyl sites for hydroxylation is 2. The SMILES string of the molecule is O=C(O)Cn1nncc1-c1ccc2c(c1)CCCC2. The van der Waals surface area contributed by atoms with Crippen LogP contribution in [-0.4, -0.2) is 26.1 Å². The minimum Gasteiger partial charge on any atom is -0.480 e. The van der Waals surface area contributed by atoms with Crippen LogP contribution in [0, 0.1) is 0 Å². The van der Waals surface area contributed by atoms with Gasteiger partial charge in [0.05, 0.1) is 11.9 Å². The Balaban J connectivity index is 1.98. The van der Waals surface area contributed by atoms with Crippen LogP contribution in [0.3, 0.4) is 0 Å². The van der Waals surface area contributed by atoms with Crippen molar-refractivity contribution in [3.05, 3.63) is 35.5 Å². The molecule has 0 radical (unpaired) electrons. The third-order valence-corrected chi connectivity index (χ3v) is 3.55. The molecule has 1 aliphatic carbocycles. The lowest BCUT2D eigenvalue weighted by molar-refractivity contribution is -0.137. The second-order valence-corrected chi connectivity index (χ2v) is 4.86. The van der Waals surface area contributed by atoms with Crippen molar-refractivity contribution in [2.24, 2.45) is 0 Å². The number of aromatic nitrogens is 3. The molecule has 1 aromatic carbocycles. The molecular formula is C14H15N3O2. The van der Waals surface area contributed by atoms with Crippen molar-refractivity contribution >= 4 is 5.97 Å². The summed E-state index contributed by atoms with van der Waals surface area (Å²) in [6.45, 7) is -0.160. The lowest BCUT2D eigenvalue weighted by Gasteiger charge is -2.16. The second kappa shape index (κ2) is 4.84. The largest absolute Gasteiger partial charge is 0.480 e. The van der Waals surface area contributed by atoms with Crippen molar-refractivity contribution in [2.75, 3.05) is 0 Å². The van der Waals surface area contributed by atoms with Crippen LogP contribution in [0.25, 0.3) is 11.3 Å². The molecule has 0 unspecified atom stereocenters. The highest BCUT2D eigenvalue weighted by Gasteiger charge is 2.13. The molecule has 1 heterocycles. The summed E-state index contributed by atoms with van der Waals surface area (Å²) in [6.07, 6.45) is 6.34. The number of nitrogens with zero attached hydrogens (tertiary/aromatic N) is 3. The molecule has 0 aliphatic heterocycles. The molecule has 3 rings (SSSR count). The van der Waals surface area contributed by atoms with Crippen molar-refractivity contribution in [1.82, 2.24) is 15.0 Å². The Morgan fingerprint density at radius 2 is 2.05 bits per heavy atom. The maximum absolute atomic E-state index is 10.8. The van der Waals surface area contributed by atoms with Crippen LogP contribution >= 0.6 is 0 Å². The van der Waals surface area contributed by atoms with Crippen LogP contribution in [0.4, 0.5) is 0 Å². The molecule has 1 aromatic heterocycles. The maximum atomic E-state index is 10.8. The van der Waals surface area contributed by atoms with Gasteiger partial charge in [-0.3, -0.25) is 4.79 Å². The highest BCUT2D eigenvalue weighted by Crippen LogP contribution is 2.26. The lowest BCUT2D eigenvalue weighted by atomic mass is 9.90. The number of carboxylic acid groups (broad SMARTS) is 1. The van der Waals surface area contributed by atoms with Crippen molar-refractivity contribution in [3.63, 3.8) is 0 Å². The van der Waals surface area contributed by atoms with Crippen LogP contribution in [0.15, 0.2) is 24.4 Å². The van der Waals surface area contributed by atoms with Gasteiger partial charge in [-0.25, -0.2) is 4.68 Å². The first-order chi connectivity index (χ1) is 9.24. The maximum Gasteiger partial charge on any atom is 0.325 e. The quantitative estimate of drug-likeness (QED) is 0.912. The van der Waals surface area contributed by atoms with Gasteiger partial charge in [0.1, 0.15) is 6.54 Å². The van der Waals surface area contributed by atoms with Crippen molar-refractivity contribution in [1.29, 1.82) is 0 Å². The number of benzene rings is 1. The fourth-order valence-corrected chi connectivity index (χ4v) is 2.62. The van der Waals surface area contributed by atoms with Gasteiger partial charge in [-0.05, 0) is 42.9 Å². The molecule has 0 atom stereocenters. The highest BCUT2D eigenvalue weighted by atomic mass is 16.4. The smallest absolute Gasteiger partial charge is 0.325 e. The molecule has 0 spiro atoms. The van der Waals surface area contributed by atoms with Gasteiger partial charge in [0.15, 0.2) is 0 Å². The molecule has 0 amide bonds. The predicted molar refractivity (Wildman–Crippen MR) is 69.7 cm³/mol. The summed E-state index contributed by atoms with van der Waals surface area (Å²) in [5.41, 5.74) is 4.53. The van der Waals surface area contributed by atoms with Gasteiger partial charge in [-0.2, -0.15) is 0 Å². The minimum absolute atomic E-state index is 0.160. The van der Waals surface area contributed by atoms with Crippen LogP contribution in [-0.2, 0) is 24.2 Å². The van der Waals surface area contributed by atoms with E-state index in [-0.39, 0.29) is 6.54 Å². The highest BCUT2D eigenvalue weighted by molar-refractivity contribution is 5.68. The first-order valence-corrected chi connectivity index (χ1v) is 6.46. The van der Waals surface area contributed by atoms with Crippen molar-refractivity contribution in [3.8, 4) is 11.3 Å². The number of aliphatic carboxylic acids is 1. The number of carbonyl (C=O) groups is 1. The molecule has 19 heavy (non-hydrogen) atoms. The average molecular weight is 257 g/mol. The zero-order chi connectivity index (χ0) is 13.2. The number of rotatable bonds is 3. The van der Waals surface area contributed by atoms with E-state index in [9.17, 15) is 4.79 Å². The van der Waals surface area contributed by atoms with Crippen LogP contribution in [0.5, 0.6) is 0 Å². The normalized spacial score (nSPS) is 14.1. The van der Waals surface area contributed by atoms with Crippen LogP contribution in [0.2, 0.25) is 0 Å². The predicted octanol–water partition coefficient (Wildman–Crippen LogP) is 1.91. The van der Waals surface area contributed by atoms with E-state index in [2.05, 4.69) is 22.4 Å². The third kappa shape index (κ3) is 2.36. The molecule has 98 valence electrons. The Labute approximate surface area is 110 Å². The average Bonchev–Trinajstić information content (AvgIpc) is 2.85. The second-order valence-electron chi connectivity index (χ2n) is 4.86. The van der Waals surface area contributed by atoms with Gasteiger partial charge in [0.2, 0.25) is 0 Å². The van der Waals surface area contributed by atoms with Crippen molar-refractivity contribution in [2.45, 2.75) is 32.2 Å². The van der Waals surface area contributed by atoms with Gasteiger partial charge < -0.3 is 5.11 Å². The third-order valence-electron chi connectivity index (χ3n) is 3.55. The van der Waals surface area contributed by atoms with E-state index in [1.54, 1.807) is 6.20 Å². The van der Waals surface area contributed by atoms with E-state index in [0.717, 1.165) is 24.1 Å². The molecule has 2 aromatic rings. The van der Waals surface area contributed by atoms with E-state index >= 15 is 0 Å². The lowest BCUT2D eigenvalue weighted by Crippen LogP contribution is -2.11. The minimum atomic E-state index is -0.912. The fraction of sp³-hybridized carbons (Fsp3) is 0.357. The monoisotopic (exact) mass is 257 g/mol. The molecule has 1 aliphatic rings. The van der Waals surface area contributed by atoms with Gasteiger partial charge in [0.25, 0.3) is 0 Å². The molecule has 5 nitrogen and oxygen atoms in total.